The molecule has 1 unspecified atom stereocenters. The minimum absolute atomic E-state index is 0.357. The molecule has 0 heterocycles. The minimum Gasteiger partial charge on any atom is -0.304 e. The van der Waals surface area contributed by atoms with E-state index >= 15 is 0 Å². The van der Waals surface area contributed by atoms with Gasteiger partial charge in [-0.2, -0.15) is 0 Å². The Labute approximate surface area is 129 Å². The van der Waals surface area contributed by atoms with Gasteiger partial charge in [-0.1, -0.05) is 67.4 Å². The molecule has 0 amide bonds. The third-order valence-corrected chi connectivity index (χ3v) is 4.06. The summed E-state index contributed by atoms with van der Waals surface area (Å²) in [6, 6.07) is 18.5. The van der Waals surface area contributed by atoms with Gasteiger partial charge in [0.25, 0.3) is 0 Å². The zero-order valence-electron chi connectivity index (χ0n) is 13.7. The smallest absolute Gasteiger partial charge is 0.0297 e. The van der Waals surface area contributed by atoms with Crippen LogP contribution in [0, 0.1) is 6.92 Å². The number of benzene rings is 2. The van der Waals surface area contributed by atoms with Crippen LogP contribution >= 0.6 is 0 Å². The molecule has 0 aliphatic rings. The van der Waals surface area contributed by atoms with Crippen LogP contribution in [0.15, 0.2) is 48.5 Å². The maximum atomic E-state index is 3.69. The van der Waals surface area contributed by atoms with Gasteiger partial charge in [0.1, 0.15) is 0 Å². The second-order valence-corrected chi connectivity index (χ2v) is 6.02. The second kappa shape index (κ2) is 7.42. The molecule has 0 aliphatic carbocycles. The van der Waals surface area contributed by atoms with E-state index in [2.05, 4.69) is 81.5 Å². The van der Waals surface area contributed by atoms with Gasteiger partial charge in [0, 0.05) is 12.1 Å². The van der Waals surface area contributed by atoms with Crippen molar-refractivity contribution in [2.75, 3.05) is 0 Å². The Morgan fingerprint density at radius 1 is 0.905 bits per heavy atom. The van der Waals surface area contributed by atoms with Gasteiger partial charge < -0.3 is 5.32 Å². The van der Waals surface area contributed by atoms with Crippen molar-refractivity contribution in [3.8, 4) is 0 Å². The first-order chi connectivity index (χ1) is 10.1. The molecule has 2 rings (SSSR count). The number of nitrogens with one attached hydrogen (secondary N) is 1. The van der Waals surface area contributed by atoms with Crippen molar-refractivity contribution >= 4 is 0 Å². The molecule has 2 atom stereocenters. The standard InChI is InChI=1S/C20H27N/c1-5-7-18-10-12-19(13-11-18)16(3)21-17(4)20-9-6-8-15(2)14-20/h6,8-14,16-17,21H,5,7H2,1-4H3/t16?,17-/m1/s1. The van der Waals surface area contributed by atoms with Gasteiger partial charge in [0.05, 0.1) is 0 Å². The van der Waals surface area contributed by atoms with Gasteiger partial charge in [0.15, 0.2) is 0 Å². The Bertz CT molecular complexity index is 556. The predicted octanol–water partition coefficient (Wildman–Crippen LogP) is 5.36. The summed E-state index contributed by atoms with van der Waals surface area (Å²) in [6.45, 7) is 8.84. The topological polar surface area (TPSA) is 12.0 Å². The maximum Gasteiger partial charge on any atom is 0.0297 e. The highest BCUT2D eigenvalue weighted by Crippen LogP contribution is 2.20. The van der Waals surface area contributed by atoms with Crippen LogP contribution in [0.5, 0.6) is 0 Å². The average Bonchev–Trinajstić information content (AvgIpc) is 2.48. The Morgan fingerprint density at radius 2 is 1.57 bits per heavy atom. The van der Waals surface area contributed by atoms with Crippen molar-refractivity contribution in [3.05, 3.63) is 70.8 Å². The van der Waals surface area contributed by atoms with Crippen LogP contribution < -0.4 is 5.32 Å². The van der Waals surface area contributed by atoms with Crippen LogP contribution in [-0.2, 0) is 6.42 Å². The highest BCUT2D eigenvalue weighted by molar-refractivity contribution is 5.27. The first-order valence-corrected chi connectivity index (χ1v) is 8.01. The molecule has 1 N–H and O–H groups in total. The summed E-state index contributed by atoms with van der Waals surface area (Å²) in [5.41, 5.74) is 5.46. The number of rotatable bonds is 6. The van der Waals surface area contributed by atoms with Gasteiger partial charge in [-0.3, -0.25) is 0 Å². The second-order valence-electron chi connectivity index (χ2n) is 6.02. The van der Waals surface area contributed by atoms with Crippen molar-refractivity contribution in [3.63, 3.8) is 0 Å². The monoisotopic (exact) mass is 281 g/mol. The van der Waals surface area contributed by atoms with Crippen molar-refractivity contribution in [2.45, 2.75) is 52.6 Å². The van der Waals surface area contributed by atoms with Gasteiger partial charge in [-0.05, 0) is 43.9 Å². The summed E-state index contributed by atoms with van der Waals surface area (Å²) >= 11 is 0. The molecule has 112 valence electrons. The van der Waals surface area contributed by atoms with Gasteiger partial charge in [0.2, 0.25) is 0 Å². The molecule has 1 nitrogen and oxygen atoms in total. The molecule has 0 saturated carbocycles. The van der Waals surface area contributed by atoms with Crippen molar-refractivity contribution in [1.82, 2.24) is 5.32 Å². The summed E-state index contributed by atoms with van der Waals surface area (Å²) in [5, 5.41) is 3.69. The van der Waals surface area contributed by atoms with Crippen LogP contribution in [0.4, 0.5) is 0 Å². The van der Waals surface area contributed by atoms with E-state index in [9.17, 15) is 0 Å². The first-order valence-electron chi connectivity index (χ1n) is 8.01. The average molecular weight is 281 g/mol. The van der Waals surface area contributed by atoms with Crippen molar-refractivity contribution < 1.29 is 0 Å². The van der Waals surface area contributed by atoms with E-state index in [1.165, 1.54) is 35.1 Å². The zero-order valence-corrected chi connectivity index (χ0v) is 13.7. The third kappa shape index (κ3) is 4.44. The van der Waals surface area contributed by atoms with E-state index in [-0.39, 0.29) is 0 Å². The molecule has 0 aliphatic heterocycles. The maximum absolute atomic E-state index is 3.69. The summed E-state index contributed by atoms with van der Waals surface area (Å²) in [5.74, 6) is 0. The summed E-state index contributed by atoms with van der Waals surface area (Å²) in [6.07, 6.45) is 2.37. The van der Waals surface area contributed by atoms with Crippen LogP contribution in [0.3, 0.4) is 0 Å². The fraction of sp³-hybridized carbons (Fsp3) is 0.400. The molecule has 2 aromatic rings. The van der Waals surface area contributed by atoms with Gasteiger partial charge in [-0.25, -0.2) is 0 Å². The normalized spacial score (nSPS) is 13.9. The molecule has 0 bridgehead atoms. The Kier molecular flexibility index (Phi) is 5.58. The lowest BCUT2D eigenvalue weighted by atomic mass is 10.0. The molecule has 0 spiro atoms. The molecule has 0 saturated heterocycles. The largest absolute Gasteiger partial charge is 0.304 e. The van der Waals surface area contributed by atoms with E-state index in [1.54, 1.807) is 0 Å². The van der Waals surface area contributed by atoms with Gasteiger partial charge in [-0.15, -0.1) is 0 Å². The molecular weight excluding hydrogens is 254 g/mol. The highest BCUT2D eigenvalue weighted by Gasteiger charge is 2.11. The van der Waals surface area contributed by atoms with Gasteiger partial charge >= 0.3 is 0 Å². The molecule has 2 aromatic carbocycles. The molecule has 0 radical (unpaired) electrons. The third-order valence-electron chi connectivity index (χ3n) is 4.06. The van der Waals surface area contributed by atoms with E-state index < -0.39 is 0 Å². The summed E-state index contributed by atoms with van der Waals surface area (Å²) < 4.78 is 0. The Hall–Kier alpha value is -1.60. The molecule has 21 heavy (non-hydrogen) atoms. The van der Waals surface area contributed by atoms with Crippen LogP contribution in [0.1, 0.15) is 61.5 Å². The molecular formula is C20H27N. The first kappa shape index (κ1) is 15.8. The minimum atomic E-state index is 0.357. The highest BCUT2D eigenvalue weighted by atomic mass is 14.9. The van der Waals surface area contributed by atoms with Crippen LogP contribution in [0.25, 0.3) is 0 Å². The lowest BCUT2D eigenvalue weighted by Crippen LogP contribution is -2.22. The van der Waals surface area contributed by atoms with Crippen LogP contribution in [0.2, 0.25) is 0 Å². The lowest BCUT2D eigenvalue weighted by Gasteiger charge is -2.21. The van der Waals surface area contributed by atoms with E-state index in [4.69, 9.17) is 0 Å². The number of aryl methyl sites for hydroxylation is 2. The summed E-state index contributed by atoms with van der Waals surface area (Å²) in [7, 11) is 0. The fourth-order valence-corrected chi connectivity index (χ4v) is 2.77. The number of hydrogen-bond donors (Lipinski definition) is 1. The Morgan fingerprint density at radius 3 is 2.19 bits per heavy atom. The Balaban J connectivity index is 2.01. The fourth-order valence-electron chi connectivity index (χ4n) is 2.77. The molecule has 0 aromatic heterocycles. The quantitative estimate of drug-likeness (QED) is 0.751. The van der Waals surface area contributed by atoms with E-state index in [0.717, 1.165) is 0 Å². The van der Waals surface area contributed by atoms with E-state index in [1.807, 2.05) is 0 Å². The predicted molar refractivity (Wildman–Crippen MR) is 91.6 cm³/mol. The van der Waals surface area contributed by atoms with Crippen molar-refractivity contribution in [1.29, 1.82) is 0 Å². The van der Waals surface area contributed by atoms with Crippen LogP contribution in [-0.4, -0.2) is 0 Å². The lowest BCUT2D eigenvalue weighted by molar-refractivity contribution is 0.494. The summed E-state index contributed by atoms with van der Waals surface area (Å²) in [4.78, 5) is 0. The number of hydrogen-bond acceptors (Lipinski definition) is 1. The SMILES string of the molecule is CCCc1ccc(C(C)N[C@H](C)c2cccc(C)c2)cc1. The molecule has 0 fully saturated rings. The van der Waals surface area contributed by atoms with E-state index in [0.29, 0.717) is 12.1 Å². The van der Waals surface area contributed by atoms with Crippen molar-refractivity contribution in [2.24, 2.45) is 0 Å². The molecule has 1 heteroatoms. The zero-order chi connectivity index (χ0) is 15.2.